The smallest absolute Gasteiger partial charge is 0.251 e. The van der Waals surface area contributed by atoms with Crippen molar-refractivity contribution in [3.05, 3.63) is 30.2 Å². The maximum atomic E-state index is 12.8. The summed E-state index contributed by atoms with van der Waals surface area (Å²) in [7, 11) is 2.10. The number of ether oxygens (including phenoxy) is 1. The van der Waals surface area contributed by atoms with Gasteiger partial charge in [0.15, 0.2) is 11.8 Å². The minimum Gasteiger partial charge on any atom is -0.364 e. The molecule has 0 saturated carbocycles. The van der Waals surface area contributed by atoms with Crippen LogP contribution in [0.5, 0.6) is 0 Å². The Morgan fingerprint density at radius 2 is 2.28 bits per heavy atom. The first kappa shape index (κ1) is 19.6. The van der Waals surface area contributed by atoms with E-state index in [9.17, 15) is 10.1 Å². The number of aromatic nitrogens is 2. The highest BCUT2D eigenvalue weighted by molar-refractivity contribution is 5.94. The third-order valence-electron chi connectivity index (χ3n) is 5.81. The molecule has 1 unspecified atom stereocenters. The predicted octanol–water partition coefficient (Wildman–Crippen LogP) is 1.31. The summed E-state index contributed by atoms with van der Waals surface area (Å²) >= 11 is 0. The normalized spacial score (nSPS) is 25.1. The number of morpholine rings is 1. The van der Waals surface area contributed by atoms with Crippen molar-refractivity contribution < 1.29 is 9.53 Å². The number of likely N-dealkylation sites (N-methyl/N-ethyl adjacent to an activating group) is 1. The summed E-state index contributed by atoms with van der Waals surface area (Å²) in [6.45, 7) is 4.78. The second-order valence-electron chi connectivity index (χ2n) is 7.87. The van der Waals surface area contributed by atoms with Gasteiger partial charge < -0.3 is 19.9 Å². The van der Waals surface area contributed by atoms with Crippen LogP contribution in [0.25, 0.3) is 10.9 Å². The number of fused-ring (bicyclic) bond motifs is 1. The molecule has 4 rings (SSSR count). The van der Waals surface area contributed by atoms with Crippen LogP contribution in [0, 0.1) is 11.3 Å². The summed E-state index contributed by atoms with van der Waals surface area (Å²) < 4.78 is 5.94. The fraction of sp³-hybridized carbons (Fsp3) is 0.524. The van der Waals surface area contributed by atoms with E-state index in [1.807, 2.05) is 19.1 Å². The zero-order valence-electron chi connectivity index (χ0n) is 16.8. The van der Waals surface area contributed by atoms with Crippen molar-refractivity contribution in [1.82, 2.24) is 20.2 Å². The van der Waals surface area contributed by atoms with Crippen LogP contribution in [0.15, 0.2) is 24.5 Å². The lowest BCUT2D eigenvalue weighted by Crippen LogP contribution is -2.54. The third-order valence-corrected chi connectivity index (χ3v) is 5.81. The van der Waals surface area contributed by atoms with Gasteiger partial charge in [0.25, 0.3) is 5.91 Å². The molecular weight excluding hydrogens is 368 g/mol. The number of carbonyl (C=O) groups excluding carboxylic acids is 1. The number of likely N-dealkylation sites (tertiary alicyclic amines) is 1. The number of rotatable bonds is 4. The molecule has 2 aliphatic heterocycles. The largest absolute Gasteiger partial charge is 0.364 e. The number of amides is 1. The van der Waals surface area contributed by atoms with Crippen LogP contribution in [0.4, 0.5) is 5.69 Å². The number of carbonyl (C=O) groups is 1. The van der Waals surface area contributed by atoms with E-state index in [-0.39, 0.29) is 12.0 Å². The Morgan fingerprint density at radius 3 is 3.03 bits per heavy atom. The molecule has 2 aromatic rings. The minimum atomic E-state index is -0.548. The van der Waals surface area contributed by atoms with Gasteiger partial charge in [-0.3, -0.25) is 9.78 Å². The lowest BCUT2D eigenvalue weighted by atomic mass is 10.1. The Hall–Kier alpha value is -2.76. The fourth-order valence-corrected chi connectivity index (χ4v) is 4.25. The first-order valence-electron chi connectivity index (χ1n) is 10.1. The van der Waals surface area contributed by atoms with E-state index in [4.69, 9.17) is 4.74 Å². The number of hydrogen-bond donors (Lipinski definition) is 1. The van der Waals surface area contributed by atoms with Crippen molar-refractivity contribution >= 4 is 22.5 Å². The maximum absolute atomic E-state index is 12.8. The highest BCUT2D eigenvalue weighted by atomic mass is 16.5. The molecule has 152 valence electrons. The number of hydrogen-bond acceptors (Lipinski definition) is 7. The number of nitrogens with one attached hydrogen (secondary N) is 1. The van der Waals surface area contributed by atoms with Crippen molar-refractivity contribution in [2.75, 3.05) is 38.1 Å². The van der Waals surface area contributed by atoms with Gasteiger partial charge >= 0.3 is 0 Å². The maximum Gasteiger partial charge on any atom is 0.251 e. The molecule has 0 bridgehead atoms. The minimum absolute atomic E-state index is 0.0779. The molecule has 1 amide bonds. The van der Waals surface area contributed by atoms with Crippen LogP contribution in [-0.4, -0.2) is 72.3 Å². The van der Waals surface area contributed by atoms with Crippen LogP contribution < -0.4 is 10.2 Å². The van der Waals surface area contributed by atoms with Gasteiger partial charge in [0, 0.05) is 30.7 Å². The molecule has 4 heterocycles. The average molecular weight is 394 g/mol. The van der Waals surface area contributed by atoms with Crippen molar-refractivity contribution in [2.24, 2.45) is 0 Å². The molecule has 0 spiro atoms. The van der Waals surface area contributed by atoms with Crippen LogP contribution in [0.3, 0.4) is 0 Å². The summed E-state index contributed by atoms with van der Waals surface area (Å²) in [5.41, 5.74) is 1.76. The summed E-state index contributed by atoms with van der Waals surface area (Å²) in [5, 5.41) is 13.2. The molecule has 29 heavy (non-hydrogen) atoms. The Kier molecular flexibility index (Phi) is 5.60. The van der Waals surface area contributed by atoms with Crippen LogP contribution in [0.1, 0.15) is 25.5 Å². The van der Waals surface area contributed by atoms with Crippen molar-refractivity contribution in [3.63, 3.8) is 0 Å². The molecule has 2 aliphatic rings. The second kappa shape index (κ2) is 8.31. The Morgan fingerprint density at radius 1 is 1.41 bits per heavy atom. The number of nitrogens with zero attached hydrogens (tertiary/aromatic N) is 5. The standard InChI is InChI=1S/C21H26N6O2/c1-14-12-27(18-11-24-17(9-22)20-16(18)6-3-7-23-20)13-19(29-14)21(28)25-10-15-5-4-8-26(15)2/h3,6-7,11,14-15,19H,4-5,8,10,12-13H2,1-2H3,(H,25,28)/t14-,15?,19-/m1/s1. The van der Waals surface area contributed by atoms with Gasteiger partial charge in [0.1, 0.15) is 11.6 Å². The number of nitriles is 1. The Labute approximate surface area is 170 Å². The molecule has 2 saturated heterocycles. The molecule has 0 aliphatic carbocycles. The molecule has 3 atom stereocenters. The summed E-state index contributed by atoms with van der Waals surface area (Å²) in [6, 6.07) is 6.28. The van der Waals surface area contributed by atoms with Gasteiger partial charge in [0.2, 0.25) is 0 Å². The molecule has 1 N–H and O–H groups in total. The molecule has 8 heteroatoms. The van der Waals surface area contributed by atoms with Gasteiger partial charge in [-0.05, 0) is 45.5 Å². The summed E-state index contributed by atoms with van der Waals surface area (Å²) in [6.07, 6.45) is 4.99. The molecule has 8 nitrogen and oxygen atoms in total. The zero-order chi connectivity index (χ0) is 20.4. The average Bonchev–Trinajstić information content (AvgIpc) is 3.15. The third kappa shape index (κ3) is 4.02. The van der Waals surface area contributed by atoms with Crippen molar-refractivity contribution in [2.45, 2.75) is 38.0 Å². The van der Waals surface area contributed by atoms with Gasteiger partial charge in [-0.2, -0.15) is 5.26 Å². The second-order valence-corrected chi connectivity index (χ2v) is 7.87. The van der Waals surface area contributed by atoms with Crippen LogP contribution in [0.2, 0.25) is 0 Å². The summed E-state index contributed by atoms with van der Waals surface area (Å²) in [5.74, 6) is -0.0779. The van der Waals surface area contributed by atoms with Gasteiger partial charge in [-0.25, -0.2) is 4.98 Å². The van der Waals surface area contributed by atoms with Gasteiger partial charge in [0.05, 0.1) is 24.5 Å². The van der Waals surface area contributed by atoms with Gasteiger partial charge in [-0.15, -0.1) is 0 Å². The Balaban J connectivity index is 1.51. The van der Waals surface area contributed by atoms with E-state index in [0.717, 1.165) is 24.0 Å². The molecule has 0 aromatic carbocycles. The Bertz CT molecular complexity index is 942. The van der Waals surface area contributed by atoms with Crippen molar-refractivity contribution in [3.8, 4) is 6.07 Å². The zero-order valence-corrected chi connectivity index (χ0v) is 16.8. The lowest BCUT2D eigenvalue weighted by molar-refractivity contribution is -0.137. The van der Waals surface area contributed by atoms with E-state index in [0.29, 0.717) is 36.9 Å². The quantitative estimate of drug-likeness (QED) is 0.835. The molecular formula is C21H26N6O2. The first-order valence-corrected chi connectivity index (χ1v) is 10.1. The highest BCUT2D eigenvalue weighted by Crippen LogP contribution is 2.29. The van der Waals surface area contributed by atoms with E-state index in [1.165, 1.54) is 6.42 Å². The van der Waals surface area contributed by atoms with E-state index >= 15 is 0 Å². The molecule has 2 aromatic heterocycles. The highest BCUT2D eigenvalue weighted by Gasteiger charge is 2.32. The molecule has 2 fully saturated rings. The van der Waals surface area contributed by atoms with E-state index < -0.39 is 6.10 Å². The molecule has 0 radical (unpaired) electrons. The van der Waals surface area contributed by atoms with Gasteiger partial charge in [-0.1, -0.05) is 0 Å². The van der Waals surface area contributed by atoms with Crippen molar-refractivity contribution in [1.29, 1.82) is 5.26 Å². The first-order chi connectivity index (χ1) is 14.1. The SMILES string of the molecule is C[C@@H]1CN(c2cnc(C#N)c3ncccc23)C[C@H](C(=O)NCC2CCCN2C)O1. The van der Waals surface area contributed by atoms with E-state index in [1.54, 1.807) is 12.4 Å². The fourth-order valence-electron chi connectivity index (χ4n) is 4.25. The number of anilines is 1. The topological polar surface area (TPSA) is 94.4 Å². The summed E-state index contributed by atoms with van der Waals surface area (Å²) in [4.78, 5) is 25.8. The lowest BCUT2D eigenvalue weighted by Gasteiger charge is -2.38. The predicted molar refractivity (Wildman–Crippen MR) is 109 cm³/mol. The van der Waals surface area contributed by atoms with Crippen LogP contribution >= 0.6 is 0 Å². The van der Waals surface area contributed by atoms with Crippen LogP contribution in [-0.2, 0) is 9.53 Å². The monoisotopic (exact) mass is 394 g/mol. The number of pyridine rings is 2. The van der Waals surface area contributed by atoms with E-state index in [2.05, 4.69) is 38.2 Å².